The molecule has 1 unspecified atom stereocenters. The SMILES string of the molecule is C=CCOc1c(Br)cc(C2C(C#N)=C(N)Oc3cc(O)c(O)cc32)cc1OC. The van der Waals surface area contributed by atoms with E-state index in [1.165, 1.54) is 19.2 Å². The summed E-state index contributed by atoms with van der Waals surface area (Å²) >= 11 is 3.47. The summed E-state index contributed by atoms with van der Waals surface area (Å²) in [6, 6.07) is 8.17. The van der Waals surface area contributed by atoms with Gasteiger partial charge in [0.05, 0.1) is 17.5 Å². The predicted molar refractivity (Wildman–Crippen MR) is 105 cm³/mol. The zero-order valence-electron chi connectivity index (χ0n) is 14.9. The van der Waals surface area contributed by atoms with Crippen LogP contribution in [0.3, 0.4) is 0 Å². The van der Waals surface area contributed by atoms with Crippen LogP contribution in [0.2, 0.25) is 0 Å². The zero-order chi connectivity index (χ0) is 20.4. The molecular weight excluding hydrogens is 428 g/mol. The summed E-state index contributed by atoms with van der Waals surface area (Å²) in [5.74, 6) is -0.217. The highest BCUT2D eigenvalue weighted by Crippen LogP contribution is 2.48. The molecule has 0 amide bonds. The Bertz CT molecular complexity index is 1030. The van der Waals surface area contributed by atoms with E-state index in [1.54, 1.807) is 18.2 Å². The number of hydrogen-bond acceptors (Lipinski definition) is 7. The second-order valence-electron chi connectivity index (χ2n) is 5.94. The van der Waals surface area contributed by atoms with E-state index in [4.69, 9.17) is 19.9 Å². The Kier molecular flexibility index (Phi) is 5.38. The number of hydrogen-bond donors (Lipinski definition) is 3. The quantitative estimate of drug-likeness (QED) is 0.475. The molecule has 4 N–H and O–H groups in total. The molecule has 28 heavy (non-hydrogen) atoms. The lowest BCUT2D eigenvalue weighted by Gasteiger charge is -2.27. The molecule has 1 atom stereocenters. The minimum Gasteiger partial charge on any atom is -0.504 e. The highest BCUT2D eigenvalue weighted by molar-refractivity contribution is 9.10. The largest absolute Gasteiger partial charge is 0.504 e. The average Bonchev–Trinajstić information content (AvgIpc) is 2.67. The van der Waals surface area contributed by atoms with Gasteiger partial charge < -0.3 is 30.2 Å². The first-order valence-electron chi connectivity index (χ1n) is 8.15. The van der Waals surface area contributed by atoms with Crippen molar-refractivity contribution in [2.75, 3.05) is 13.7 Å². The second kappa shape index (κ2) is 7.74. The van der Waals surface area contributed by atoms with Crippen LogP contribution in [0.1, 0.15) is 17.0 Å². The van der Waals surface area contributed by atoms with E-state index >= 15 is 0 Å². The maximum absolute atomic E-state index is 9.96. The van der Waals surface area contributed by atoms with Crippen molar-refractivity contribution in [1.29, 1.82) is 5.26 Å². The standard InChI is InChI=1S/C20H17BrN2O5/c1-3-4-27-19-13(21)5-10(6-17(19)26-2)18-11-7-14(24)15(25)8-16(11)28-20(23)12(18)9-22/h3,5-8,18,24-25H,1,4,23H2,2H3. The Labute approximate surface area is 170 Å². The van der Waals surface area contributed by atoms with Crippen molar-refractivity contribution >= 4 is 15.9 Å². The normalized spacial score (nSPS) is 15.2. The third-order valence-electron chi connectivity index (χ3n) is 4.24. The maximum atomic E-state index is 9.96. The van der Waals surface area contributed by atoms with Crippen LogP contribution in [0.4, 0.5) is 0 Å². The van der Waals surface area contributed by atoms with Gasteiger partial charge in [-0.2, -0.15) is 5.26 Å². The highest BCUT2D eigenvalue weighted by Gasteiger charge is 2.33. The number of nitrogens with two attached hydrogens (primary N) is 1. The fourth-order valence-corrected chi connectivity index (χ4v) is 3.59. The van der Waals surface area contributed by atoms with E-state index in [9.17, 15) is 15.5 Å². The molecule has 0 spiro atoms. The second-order valence-corrected chi connectivity index (χ2v) is 6.79. The lowest BCUT2D eigenvalue weighted by Crippen LogP contribution is -2.21. The molecule has 0 aliphatic carbocycles. The lowest BCUT2D eigenvalue weighted by atomic mass is 9.83. The Morgan fingerprint density at radius 3 is 2.68 bits per heavy atom. The number of fused-ring (bicyclic) bond motifs is 1. The summed E-state index contributed by atoms with van der Waals surface area (Å²) in [6.07, 6.45) is 1.61. The fourth-order valence-electron chi connectivity index (χ4n) is 3.01. The van der Waals surface area contributed by atoms with Gasteiger partial charge in [-0.3, -0.25) is 0 Å². The summed E-state index contributed by atoms with van der Waals surface area (Å²) in [5.41, 5.74) is 7.25. The topological polar surface area (TPSA) is 118 Å². The third kappa shape index (κ3) is 3.32. The number of nitriles is 1. The molecule has 2 aromatic rings. The van der Waals surface area contributed by atoms with Crippen LogP contribution in [0.5, 0.6) is 28.7 Å². The predicted octanol–water partition coefficient (Wildman–Crippen LogP) is 3.65. The van der Waals surface area contributed by atoms with Crippen molar-refractivity contribution in [3.63, 3.8) is 0 Å². The molecular formula is C20H17BrN2O5. The molecule has 0 aromatic heterocycles. The van der Waals surface area contributed by atoms with E-state index in [2.05, 4.69) is 28.6 Å². The summed E-state index contributed by atoms with van der Waals surface area (Å²) in [5, 5.41) is 29.4. The van der Waals surface area contributed by atoms with E-state index in [0.717, 1.165) is 0 Å². The number of ether oxygens (including phenoxy) is 3. The molecule has 0 radical (unpaired) electrons. The van der Waals surface area contributed by atoms with Crippen LogP contribution < -0.4 is 19.9 Å². The van der Waals surface area contributed by atoms with Gasteiger partial charge in [0.25, 0.3) is 0 Å². The van der Waals surface area contributed by atoms with Crippen molar-refractivity contribution < 1.29 is 24.4 Å². The Morgan fingerprint density at radius 1 is 1.32 bits per heavy atom. The van der Waals surface area contributed by atoms with Crippen LogP contribution in [0, 0.1) is 11.3 Å². The summed E-state index contributed by atoms with van der Waals surface area (Å²) in [4.78, 5) is 0. The average molecular weight is 445 g/mol. The number of phenols is 2. The monoisotopic (exact) mass is 444 g/mol. The van der Waals surface area contributed by atoms with E-state index < -0.39 is 5.92 Å². The number of aromatic hydroxyl groups is 2. The Morgan fingerprint density at radius 2 is 2.04 bits per heavy atom. The summed E-state index contributed by atoms with van der Waals surface area (Å²) < 4.78 is 17.2. The van der Waals surface area contributed by atoms with Gasteiger partial charge in [0.2, 0.25) is 5.88 Å². The molecule has 0 fully saturated rings. The van der Waals surface area contributed by atoms with Crippen LogP contribution in [-0.4, -0.2) is 23.9 Å². The van der Waals surface area contributed by atoms with Crippen molar-refractivity contribution in [2.45, 2.75) is 5.92 Å². The minimum atomic E-state index is -0.640. The van der Waals surface area contributed by atoms with Gasteiger partial charge in [-0.1, -0.05) is 12.7 Å². The molecule has 0 bridgehead atoms. The molecule has 8 heteroatoms. The molecule has 7 nitrogen and oxygen atoms in total. The van der Waals surface area contributed by atoms with Crippen LogP contribution in [0.15, 0.2) is 52.8 Å². The molecule has 3 rings (SSSR count). The number of allylic oxidation sites excluding steroid dienone is 1. The molecule has 0 saturated carbocycles. The molecule has 2 aromatic carbocycles. The first-order valence-corrected chi connectivity index (χ1v) is 8.95. The third-order valence-corrected chi connectivity index (χ3v) is 4.83. The van der Waals surface area contributed by atoms with Gasteiger partial charge in [-0.15, -0.1) is 0 Å². The van der Waals surface area contributed by atoms with Gasteiger partial charge in [0, 0.05) is 11.6 Å². The van der Waals surface area contributed by atoms with Crippen LogP contribution in [-0.2, 0) is 0 Å². The zero-order valence-corrected chi connectivity index (χ0v) is 16.5. The first-order chi connectivity index (χ1) is 13.4. The van der Waals surface area contributed by atoms with Gasteiger partial charge in [0.1, 0.15) is 24.0 Å². The smallest absolute Gasteiger partial charge is 0.205 e. The molecule has 1 heterocycles. The fraction of sp³-hybridized carbons (Fsp3) is 0.150. The van der Waals surface area contributed by atoms with Crippen LogP contribution >= 0.6 is 15.9 Å². The Balaban J connectivity index is 2.22. The first kappa shape index (κ1) is 19.5. The lowest BCUT2D eigenvalue weighted by molar-refractivity contribution is 0.324. The van der Waals surface area contributed by atoms with Gasteiger partial charge in [0.15, 0.2) is 23.0 Å². The van der Waals surface area contributed by atoms with Crippen molar-refractivity contribution in [2.24, 2.45) is 5.73 Å². The van der Waals surface area contributed by atoms with Crippen LogP contribution in [0.25, 0.3) is 0 Å². The number of rotatable bonds is 5. The molecule has 0 saturated heterocycles. The highest BCUT2D eigenvalue weighted by atomic mass is 79.9. The minimum absolute atomic E-state index is 0.0767. The van der Waals surface area contributed by atoms with E-state index in [0.29, 0.717) is 27.1 Å². The molecule has 1 aliphatic rings. The van der Waals surface area contributed by atoms with Crippen molar-refractivity contribution in [3.05, 3.63) is 64.0 Å². The number of benzene rings is 2. The number of nitrogens with zero attached hydrogens (tertiary/aromatic N) is 1. The van der Waals surface area contributed by atoms with Gasteiger partial charge >= 0.3 is 0 Å². The summed E-state index contributed by atoms with van der Waals surface area (Å²) in [7, 11) is 1.50. The van der Waals surface area contributed by atoms with E-state index in [1.807, 2.05) is 0 Å². The van der Waals surface area contributed by atoms with Crippen molar-refractivity contribution in [1.82, 2.24) is 0 Å². The number of methoxy groups -OCH3 is 1. The molecule has 144 valence electrons. The summed E-state index contributed by atoms with van der Waals surface area (Å²) in [6.45, 7) is 3.92. The Hall–Kier alpha value is -3.31. The molecule has 1 aliphatic heterocycles. The van der Waals surface area contributed by atoms with Gasteiger partial charge in [-0.05, 0) is 39.7 Å². The number of halogens is 1. The van der Waals surface area contributed by atoms with E-state index in [-0.39, 0.29) is 35.3 Å². The van der Waals surface area contributed by atoms with Crippen molar-refractivity contribution in [3.8, 4) is 34.8 Å². The number of phenolic OH excluding ortho intramolecular Hbond substituents is 2. The maximum Gasteiger partial charge on any atom is 0.205 e. The van der Waals surface area contributed by atoms with Gasteiger partial charge in [-0.25, -0.2) is 0 Å².